The molecule has 0 aliphatic rings. The van der Waals surface area contributed by atoms with E-state index in [-0.39, 0.29) is 11.6 Å². The first-order valence-electron chi connectivity index (χ1n) is 7.79. The van der Waals surface area contributed by atoms with Crippen LogP contribution in [0.15, 0.2) is 47.5 Å². The predicted octanol–water partition coefficient (Wildman–Crippen LogP) is 3.77. The molecule has 0 bridgehead atoms. The van der Waals surface area contributed by atoms with Crippen LogP contribution < -0.4 is 10.9 Å². The molecule has 0 aliphatic carbocycles. The zero-order chi connectivity index (χ0) is 17.3. The Morgan fingerprint density at radius 3 is 2.54 bits per heavy atom. The molecule has 0 saturated carbocycles. The molecule has 3 aromatic rings. The van der Waals surface area contributed by atoms with Gasteiger partial charge in [-0.3, -0.25) is 4.79 Å². The van der Waals surface area contributed by atoms with Crippen molar-refractivity contribution in [2.24, 2.45) is 0 Å². The summed E-state index contributed by atoms with van der Waals surface area (Å²) in [6.45, 7) is 3.33. The lowest BCUT2D eigenvalue weighted by Crippen LogP contribution is -2.31. The van der Waals surface area contributed by atoms with Crippen LogP contribution >= 0.6 is 23.2 Å². The van der Waals surface area contributed by atoms with Gasteiger partial charge in [-0.2, -0.15) is 0 Å². The van der Waals surface area contributed by atoms with Crippen molar-refractivity contribution in [2.75, 3.05) is 7.05 Å². The summed E-state index contributed by atoms with van der Waals surface area (Å²) < 4.78 is 3.79. The number of pyridine rings is 1. The number of nitrogens with zero attached hydrogens (tertiary/aromatic N) is 2. The van der Waals surface area contributed by atoms with Gasteiger partial charge in [0.1, 0.15) is 0 Å². The van der Waals surface area contributed by atoms with E-state index in [9.17, 15) is 4.79 Å². The Balaban J connectivity index is 1.94. The maximum Gasteiger partial charge on any atom is 0.260 e. The number of benzene rings is 1. The normalized spacial score (nSPS) is 12.7. The Labute approximate surface area is 150 Å². The molecule has 0 aliphatic heterocycles. The standard InChI is InChI=1S/C18H19Cl2N3O/c1-12(21-2)10-23-8-6-17-14(18(23)24)5-7-22(17)11-13-3-4-15(19)16(20)9-13/h3-9,12,21H,10-11H2,1-2H3. The summed E-state index contributed by atoms with van der Waals surface area (Å²) in [5.74, 6) is 0. The van der Waals surface area contributed by atoms with E-state index in [0.29, 0.717) is 23.1 Å². The van der Waals surface area contributed by atoms with E-state index in [4.69, 9.17) is 23.2 Å². The highest BCUT2D eigenvalue weighted by Crippen LogP contribution is 2.23. The third-order valence-electron chi connectivity index (χ3n) is 4.21. The van der Waals surface area contributed by atoms with Gasteiger partial charge in [0.25, 0.3) is 5.56 Å². The lowest BCUT2D eigenvalue weighted by molar-refractivity contribution is 0.507. The summed E-state index contributed by atoms with van der Waals surface area (Å²) in [5.41, 5.74) is 1.98. The first-order chi connectivity index (χ1) is 11.5. The van der Waals surface area contributed by atoms with Gasteiger partial charge in [-0.25, -0.2) is 0 Å². The minimum absolute atomic E-state index is 0.0301. The Bertz CT molecular complexity index is 930. The Morgan fingerprint density at radius 1 is 1.08 bits per heavy atom. The van der Waals surface area contributed by atoms with Crippen LogP contribution in [0.1, 0.15) is 12.5 Å². The lowest BCUT2D eigenvalue weighted by atomic mass is 10.2. The molecule has 0 spiro atoms. The van der Waals surface area contributed by atoms with Gasteiger partial charge in [-0.1, -0.05) is 29.3 Å². The molecule has 3 rings (SSSR count). The highest BCUT2D eigenvalue weighted by Gasteiger charge is 2.10. The number of hydrogen-bond acceptors (Lipinski definition) is 2. The fourth-order valence-corrected chi connectivity index (χ4v) is 3.06. The van der Waals surface area contributed by atoms with Gasteiger partial charge >= 0.3 is 0 Å². The predicted molar refractivity (Wildman–Crippen MR) is 100 cm³/mol. The van der Waals surface area contributed by atoms with Crippen molar-refractivity contribution in [1.29, 1.82) is 0 Å². The molecule has 0 saturated heterocycles. The van der Waals surface area contributed by atoms with E-state index >= 15 is 0 Å². The molecular formula is C18H19Cl2N3O. The molecule has 2 aromatic heterocycles. The van der Waals surface area contributed by atoms with E-state index in [2.05, 4.69) is 5.32 Å². The van der Waals surface area contributed by atoms with Gasteiger partial charge < -0.3 is 14.5 Å². The molecule has 2 heterocycles. The van der Waals surface area contributed by atoms with Crippen molar-refractivity contribution in [3.63, 3.8) is 0 Å². The molecule has 1 unspecified atom stereocenters. The number of hydrogen-bond donors (Lipinski definition) is 1. The van der Waals surface area contributed by atoms with Crippen molar-refractivity contribution >= 4 is 34.1 Å². The molecule has 0 amide bonds. The molecule has 1 aromatic carbocycles. The van der Waals surface area contributed by atoms with Crippen LogP contribution in [0.3, 0.4) is 0 Å². The van der Waals surface area contributed by atoms with E-state index in [0.717, 1.165) is 16.5 Å². The summed E-state index contributed by atoms with van der Waals surface area (Å²) in [5, 5.41) is 4.95. The molecule has 1 N–H and O–H groups in total. The van der Waals surface area contributed by atoms with E-state index in [1.807, 2.05) is 55.2 Å². The van der Waals surface area contributed by atoms with Gasteiger partial charge in [0.05, 0.1) is 20.9 Å². The summed E-state index contributed by atoms with van der Waals surface area (Å²) in [6.07, 6.45) is 3.78. The number of likely N-dealkylation sites (N-methyl/N-ethyl adjacent to an activating group) is 1. The van der Waals surface area contributed by atoms with E-state index in [1.165, 1.54) is 0 Å². The molecule has 0 radical (unpaired) electrons. The van der Waals surface area contributed by atoms with Crippen molar-refractivity contribution in [3.05, 3.63) is 68.7 Å². The second kappa shape index (κ2) is 7.01. The summed E-state index contributed by atoms with van der Waals surface area (Å²) in [6, 6.07) is 9.67. The number of halogens is 2. The van der Waals surface area contributed by atoms with Gasteiger partial charge in [0.2, 0.25) is 0 Å². The van der Waals surface area contributed by atoms with E-state index in [1.54, 1.807) is 10.6 Å². The average molecular weight is 364 g/mol. The van der Waals surface area contributed by atoms with Crippen LogP contribution in [0, 0.1) is 0 Å². The van der Waals surface area contributed by atoms with Crippen LogP contribution in [0.25, 0.3) is 10.9 Å². The van der Waals surface area contributed by atoms with Crippen LogP contribution in [0.5, 0.6) is 0 Å². The Hall–Kier alpha value is -1.75. The highest BCUT2D eigenvalue weighted by atomic mass is 35.5. The molecule has 4 nitrogen and oxygen atoms in total. The maximum atomic E-state index is 12.6. The molecule has 6 heteroatoms. The van der Waals surface area contributed by atoms with E-state index < -0.39 is 0 Å². The van der Waals surface area contributed by atoms with Gasteiger partial charge in [-0.15, -0.1) is 0 Å². The maximum absolute atomic E-state index is 12.6. The Kier molecular flexibility index (Phi) is 4.99. The van der Waals surface area contributed by atoms with Gasteiger partial charge in [0, 0.05) is 31.5 Å². The number of aromatic nitrogens is 2. The second-order valence-corrected chi connectivity index (χ2v) is 6.77. The van der Waals surface area contributed by atoms with Gasteiger partial charge in [0.15, 0.2) is 0 Å². The fraction of sp³-hybridized carbons (Fsp3) is 0.278. The fourth-order valence-electron chi connectivity index (χ4n) is 2.74. The van der Waals surface area contributed by atoms with Crippen molar-refractivity contribution < 1.29 is 0 Å². The summed E-state index contributed by atoms with van der Waals surface area (Å²) in [7, 11) is 1.89. The SMILES string of the molecule is CNC(C)Cn1ccc2c(ccn2Cc2ccc(Cl)c(Cl)c2)c1=O. The third-order valence-corrected chi connectivity index (χ3v) is 4.95. The summed E-state index contributed by atoms with van der Waals surface area (Å²) in [4.78, 5) is 12.6. The van der Waals surface area contributed by atoms with Crippen LogP contribution in [-0.2, 0) is 13.1 Å². The van der Waals surface area contributed by atoms with Crippen molar-refractivity contribution in [3.8, 4) is 0 Å². The second-order valence-electron chi connectivity index (χ2n) is 5.95. The molecule has 126 valence electrons. The minimum atomic E-state index is 0.0301. The first-order valence-corrected chi connectivity index (χ1v) is 8.54. The smallest absolute Gasteiger partial charge is 0.260 e. The molecule has 0 fully saturated rings. The zero-order valence-electron chi connectivity index (χ0n) is 13.6. The largest absolute Gasteiger partial charge is 0.343 e. The van der Waals surface area contributed by atoms with Gasteiger partial charge in [-0.05, 0) is 43.8 Å². The van der Waals surface area contributed by atoms with Crippen LogP contribution in [0.4, 0.5) is 0 Å². The van der Waals surface area contributed by atoms with Crippen molar-refractivity contribution in [2.45, 2.75) is 26.1 Å². The Morgan fingerprint density at radius 2 is 1.83 bits per heavy atom. The zero-order valence-corrected chi connectivity index (χ0v) is 15.1. The van der Waals surface area contributed by atoms with Crippen LogP contribution in [-0.4, -0.2) is 22.2 Å². The molecular weight excluding hydrogens is 345 g/mol. The minimum Gasteiger partial charge on any atom is -0.343 e. The average Bonchev–Trinajstić information content (AvgIpc) is 2.97. The third kappa shape index (κ3) is 3.36. The monoisotopic (exact) mass is 363 g/mol. The van der Waals surface area contributed by atoms with Crippen molar-refractivity contribution in [1.82, 2.24) is 14.5 Å². The number of rotatable bonds is 5. The highest BCUT2D eigenvalue weighted by molar-refractivity contribution is 6.42. The van der Waals surface area contributed by atoms with Crippen LogP contribution in [0.2, 0.25) is 10.0 Å². The number of nitrogens with one attached hydrogen (secondary N) is 1. The first kappa shape index (κ1) is 17.1. The molecule has 1 atom stereocenters. The molecule has 24 heavy (non-hydrogen) atoms. The topological polar surface area (TPSA) is 39.0 Å². The number of fused-ring (bicyclic) bond motifs is 1. The quantitative estimate of drug-likeness (QED) is 0.749. The summed E-state index contributed by atoms with van der Waals surface area (Å²) >= 11 is 12.0. The lowest BCUT2D eigenvalue weighted by Gasteiger charge is -2.13.